The lowest BCUT2D eigenvalue weighted by Gasteiger charge is -2.36. The number of amides is 8. The first-order valence-corrected chi connectivity index (χ1v) is 15.2. The number of carbonyl (C=O) groups excluding carboxylic acids is 9. The molecule has 8 N–H and O–H groups in total. The normalized spacial score (nSPS) is 13.6. The van der Waals surface area contributed by atoms with Crippen molar-refractivity contribution in [1.29, 1.82) is 0 Å². The van der Waals surface area contributed by atoms with Crippen molar-refractivity contribution in [1.82, 2.24) is 25.6 Å². The molecule has 0 saturated heterocycles. The molecule has 0 radical (unpaired) electrons. The fourth-order valence-electron chi connectivity index (χ4n) is 4.13. The van der Waals surface area contributed by atoms with Crippen LogP contribution in [0.2, 0.25) is 0 Å². The molecule has 50 heavy (non-hydrogen) atoms. The number of rotatable bonds is 21. The number of hydrogen-bond acceptors (Lipinski definition) is 14. The summed E-state index contributed by atoms with van der Waals surface area (Å²) in [5.74, 6) is -10.5. The van der Waals surface area contributed by atoms with Crippen LogP contribution in [-0.2, 0) is 57.5 Å². The summed E-state index contributed by atoms with van der Waals surface area (Å²) >= 11 is 0. The first kappa shape index (κ1) is 42.5. The SMILES string of the molecule is CC(C)(OC=O)C(=O)N(C(=O)CCNC(=O)[C@@H](N)CCC(=O)O)N(C(=O)CCCN1C(=O)C=CC1=O)C(=O)CCNC(=O)[C@@H](N)CCC(=O)O. The number of nitrogens with one attached hydrogen (secondary N) is 2. The highest BCUT2D eigenvalue weighted by Gasteiger charge is 2.44. The lowest BCUT2D eigenvalue weighted by molar-refractivity contribution is -0.189. The van der Waals surface area contributed by atoms with E-state index in [0.29, 0.717) is 0 Å². The molecule has 1 heterocycles. The Kier molecular flexibility index (Phi) is 17.0. The van der Waals surface area contributed by atoms with Crippen LogP contribution in [0.5, 0.6) is 0 Å². The summed E-state index contributed by atoms with van der Waals surface area (Å²) in [7, 11) is 0. The topological polar surface area (TPSA) is 323 Å². The number of hydrogen-bond donors (Lipinski definition) is 6. The second kappa shape index (κ2) is 20.1. The van der Waals surface area contributed by atoms with Crippen LogP contribution in [0.3, 0.4) is 0 Å². The number of carboxylic acid groups (broad SMARTS) is 2. The molecule has 0 unspecified atom stereocenters. The molecule has 276 valence electrons. The Hall–Kier alpha value is -5.57. The Bertz CT molecular complexity index is 1380. The summed E-state index contributed by atoms with van der Waals surface area (Å²) in [6.07, 6.45) is -1.62. The molecule has 0 aromatic heterocycles. The van der Waals surface area contributed by atoms with Gasteiger partial charge in [-0.15, -0.1) is 0 Å². The number of carboxylic acids is 2. The van der Waals surface area contributed by atoms with Crippen molar-refractivity contribution in [2.75, 3.05) is 19.6 Å². The van der Waals surface area contributed by atoms with E-state index in [2.05, 4.69) is 10.6 Å². The van der Waals surface area contributed by atoms with Crippen molar-refractivity contribution in [3.8, 4) is 0 Å². The Morgan fingerprint density at radius 1 is 0.780 bits per heavy atom. The molecule has 0 saturated carbocycles. The minimum absolute atomic E-state index is 0.110. The minimum atomic E-state index is -2.15. The predicted molar refractivity (Wildman–Crippen MR) is 165 cm³/mol. The van der Waals surface area contributed by atoms with Crippen LogP contribution in [-0.4, -0.2) is 128 Å². The van der Waals surface area contributed by atoms with Crippen molar-refractivity contribution in [3.63, 3.8) is 0 Å². The zero-order valence-corrected chi connectivity index (χ0v) is 27.5. The summed E-state index contributed by atoms with van der Waals surface area (Å²) in [6.45, 7) is 0.698. The first-order chi connectivity index (χ1) is 23.3. The maximum atomic E-state index is 13.6. The third-order valence-electron chi connectivity index (χ3n) is 6.92. The summed E-state index contributed by atoms with van der Waals surface area (Å²) in [6, 6.07) is -2.53. The maximum absolute atomic E-state index is 13.6. The smallest absolute Gasteiger partial charge is 0.303 e. The maximum Gasteiger partial charge on any atom is 0.303 e. The van der Waals surface area contributed by atoms with Crippen LogP contribution in [0.25, 0.3) is 0 Å². The van der Waals surface area contributed by atoms with E-state index < -0.39 is 122 Å². The van der Waals surface area contributed by atoms with Gasteiger partial charge in [0.15, 0.2) is 5.60 Å². The molecule has 0 aromatic rings. The fraction of sp³-hybridized carbons (Fsp3) is 0.552. The van der Waals surface area contributed by atoms with E-state index in [4.69, 9.17) is 26.4 Å². The van der Waals surface area contributed by atoms with Crippen molar-refractivity contribution < 1.29 is 67.7 Å². The summed E-state index contributed by atoms with van der Waals surface area (Å²) in [4.78, 5) is 136. The Morgan fingerprint density at radius 3 is 1.62 bits per heavy atom. The Labute approximate surface area is 285 Å². The predicted octanol–water partition coefficient (Wildman–Crippen LogP) is -3.33. The molecule has 1 aliphatic heterocycles. The molecule has 8 amide bonds. The van der Waals surface area contributed by atoms with Crippen LogP contribution in [0, 0.1) is 0 Å². The van der Waals surface area contributed by atoms with Gasteiger partial charge in [-0.3, -0.25) is 57.6 Å². The standard InChI is InChI=1S/C29H41N7O14/c1-29(2,50-16-37)28(49)36(23(42)12-14-33-27(48)18(31)6-10-25(45)46)35(21(40)4-3-15-34-19(38)7-8-20(34)39)22(41)11-13-32-26(47)17(30)5-9-24(43)44/h7-8,16-18H,3-6,9-15,30-31H2,1-2H3,(H,32,47)(H,33,48)(H,43,44)(H,45,46)/t17-,18-/m0/s1. The molecule has 2 atom stereocenters. The second-order valence-electron chi connectivity index (χ2n) is 11.3. The highest BCUT2D eigenvalue weighted by atomic mass is 16.5. The highest BCUT2D eigenvalue weighted by Crippen LogP contribution is 2.19. The zero-order valence-electron chi connectivity index (χ0n) is 27.5. The van der Waals surface area contributed by atoms with Gasteiger partial charge in [0.1, 0.15) is 0 Å². The number of imide groups is 3. The lowest BCUT2D eigenvalue weighted by Crippen LogP contribution is -2.61. The van der Waals surface area contributed by atoms with Gasteiger partial charge in [-0.2, -0.15) is 10.0 Å². The van der Waals surface area contributed by atoms with E-state index in [1.54, 1.807) is 0 Å². The lowest BCUT2D eigenvalue weighted by atomic mass is 10.1. The molecule has 21 heteroatoms. The third-order valence-corrected chi connectivity index (χ3v) is 6.92. The van der Waals surface area contributed by atoms with Gasteiger partial charge in [-0.05, 0) is 33.1 Å². The molecule has 21 nitrogen and oxygen atoms in total. The van der Waals surface area contributed by atoms with Gasteiger partial charge in [0.25, 0.3) is 36.0 Å². The fourth-order valence-corrected chi connectivity index (χ4v) is 4.13. The van der Waals surface area contributed by atoms with Crippen LogP contribution in [0.1, 0.15) is 65.2 Å². The van der Waals surface area contributed by atoms with Gasteiger partial charge in [-0.25, -0.2) is 0 Å². The minimum Gasteiger partial charge on any atom is -0.481 e. The molecule has 0 bridgehead atoms. The molecule has 0 spiro atoms. The third kappa shape index (κ3) is 13.5. The molecule has 1 aliphatic rings. The van der Waals surface area contributed by atoms with Crippen LogP contribution >= 0.6 is 0 Å². The summed E-state index contributed by atoms with van der Waals surface area (Å²) < 4.78 is 4.79. The quantitative estimate of drug-likeness (QED) is 0.0385. The van der Waals surface area contributed by atoms with Crippen LogP contribution < -0.4 is 22.1 Å². The van der Waals surface area contributed by atoms with Gasteiger partial charge >= 0.3 is 11.9 Å². The van der Waals surface area contributed by atoms with Crippen LogP contribution in [0.4, 0.5) is 0 Å². The largest absolute Gasteiger partial charge is 0.481 e. The monoisotopic (exact) mass is 711 g/mol. The number of carbonyl (C=O) groups is 11. The van der Waals surface area contributed by atoms with E-state index in [1.807, 2.05) is 0 Å². The molecule has 0 fully saturated rings. The van der Waals surface area contributed by atoms with Crippen molar-refractivity contribution in [2.45, 2.75) is 82.9 Å². The van der Waals surface area contributed by atoms with Crippen molar-refractivity contribution >= 4 is 65.7 Å². The van der Waals surface area contributed by atoms with Gasteiger partial charge < -0.3 is 37.1 Å². The van der Waals surface area contributed by atoms with Crippen molar-refractivity contribution in [3.05, 3.63) is 12.2 Å². The molecule has 0 aliphatic carbocycles. The second-order valence-corrected chi connectivity index (χ2v) is 11.3. The van der Waals surface area contributed by atoms with Crippen molar-refractivity contribution in [2.24, 2.45) is 11.5 Å². The van der Waals surface area contributed by atoms with Gasteiger partial charge in [0.05, 0.1) is 12.1 Å². The highest BCUT2D eigenvalue weighted by molar-refractivity contribution is 6.13. The average Bonchev–Trinajstić information content (AvgIpc) is 3.36. The van der Waals surface area contributed by atoms with E-state index in [-0.39, 0.29) is 42.3 Å². The van der Waals surface area contributed by atoms with E-state index in [0.717, 1.165) is 30.9 Å². The van der Waals surface area contributed by atoms with E-state index in [1.165, 1.54) is 0 Å². The first-order valence-electron chi connectivity index (χ1n) is 15.2. The number of ether oxygens (including phenoxy) is 1. The molecular formula is C29H41N7O14. The zero-order chi connectivity index (χ0) is 38.2. The Balaban J connectivity index is 3.31. The summed E-state index contributed by atoms with van der Waals surface area (Å²) in [5.41, 5.74) is 9.15. The average molecular weight is 712 g/mol. The van der Waals surface area contributed by atoms with E-state index in [9.17, 15) is 52.7 Å². The Morgan fingerprint density at radius 2 is 1.20 bits per heavy atom. The molecule has 0 aromatic carbocycles. The molecule has 1 rings (SSSR count). The van der Waals surface area contributed by atoms with E-state index >= 15 is 0 Å². The summed E-state index contributed by atoms with van der Waals surface area (Å²) in [5, 5.41) is 22.4. The van der Waals surface area contributed by atoms with Gasteiger partial charge in [0.2, 0.25) is 17.7 Å². The number of aliphatic carboxylic acids is 2. The van der Waals surface area contributed by atoms with Gasteiger partial charge in [-0.1, -0.05) is 0 Å². The number of nitrogens with zero attached hydrogens (tertiary/aromatic N) is 3. The van der Waals surface area contributed by atoms with Gasteiger partial charge in [0, 0.05) is 63.9 Å². The molecular weight excluding hydrogens is 670 g/mol. The number of nitrogens with two attached hydrogens (primary N) is 2. The van der Waals surface area contributed by atoms with Crippen LogP contribution in [0.15, 0.2) is 12.2 Å². The number of hydrazine groups is 1.